The zero-order valence-electron chi connectivity index (χ0n) is 21.5. The number of ether oxygens (including phenoxy) is 4. The van der Waals surface area contributed by atoms with E-state index in [1.54, 1.807) is 6.07 Å². The quantitative estimate of drug-likeness (QED) is 0.110. The van der Waals surface area contributed by atoms with Crippen LogP contribution in [0.15, 0.2) is 42.2 Å². The number of rotatable bonds is 9. The van der Waals surface area contributed by atoms with Gasteiger partial charge in [0.1, 0.15) is 12.2 Å². The van der Waals surface area contributed by atoms with Gasteiger partial charge in [-0.3, -0.25) is 0 Å². The minimum absolute atomic E-state index is 0.0139. The predicted molar refractivity (Wildman–Crippen MR) is 146 cm³/mol. The topological polar surface area (TPSA) is 80.3 Å². The molecular formula is C26H33IO7Si. The van der Waals surface area contributed by atoms with Gasteiger partial charge in [0, 0.05) is 0 Å². The standard InChI is InChI=1S/C26H33IO7Si/c1-26(2,3)35(7,8)34-20(24(28)31-5)15-18-14-19(27)22(23(30-4)21(18)25(29)32-6)33-16-17-12-10-9-11-13-17/h9-15H,16H2,1-8H3. The van der Waals surface area contributed by atoms with Gasteiger partial charge in [-0.15, -0.1) is 0 Å². The highest BCUT2D eigenvalue weighted by molar-refractivity contribution is 14.1. The summed E-state index contributed by atoms with van der Waals surface area (Å²) in [5, 5.41) is -0.160. The minimum Gasteiger partial charge on any atom is -0.539 e. The first-order valence-electron chi connectivity index (χ1n) is 11.0. The lowest BCUT2D eigenvalue weighted by molar-refractivity contribution is -0.138. The molecule has 2 aromatic carbocycles. The van der Waals surface area contributed by atoms with Gasteiger partial charge in [-0.05, 0) is 64.0 Å². The van der Waals surface area contributed by atoms with Gasteiger partial charge in [-0.25, -0.2) is 9.59 Å². The summed E-state index contributed by atoms with van der Waals surface area (Å²) in [6, 6.07) is 11.4. The van der Waals surface area contributed by atoms with E-state index < -0.39 is 20.3 Å². The third kappa shape index (κ3) is 7.00. The SMILES string of the molecule is COC(=O)C(=Cc1cc(I)c(OCc2ccccc2)c(OC)c1C(=O)OC)O[Si](C)(C)C(C)(C)C. The van der Waals surface area contributed by atoms with Crippen molar-refractivity contribution >= 4 is 48.9 Å². The molecule has 0 saturated carbocycles. The maximum absolute atomic E-state index is 12.9. The molecule has 35 heavy (non-hydrogen) atoms. The molecule has 2 rings (SSSR count). The predicted octanol–water partition coefficient (Wildman–Crippen LogP) is 6.20. The second kappa shape index (κ2) is 11.9. The Labute approximate surface area is 222 Å². The van der Waals surface area contributed by atoms with E-state index in [0.717, 1.165) is 5.56 Å². The zero-order valence-corrected chi connectivity index (χ0v) is 24.6. The van der Waals surface area contributed by atoms with Crippen molar-refractivity contribution < 1.29 is 33.0 Å². The molecule has 190 valence electrons. The molecule has 9 heteroatoms. The van der Waals surface area contributed by atoms with Crippen LogP contribution in [0.1, 0.15) is 42.3 Å². The number of carbonyl (C=O) groups excluding carboxylic acids is 2. The van der Waals surface area contributed by atoms with Gasteiger partial charge in [0.2, 0.25) is 0 Å². The molecule has 0 spiro atoms. The van der Waals surface area contributed by atoms with Gasteiger partial charge in [0.15, 0.2) is 17.3 Å². The third-order valence-corrected chi connectivity index (χ3v) is 11.0. The van der Waals surface area contributed by atoms with E-state index in [2.05, 4.69) is 43.4 Å². The molecule has 0 aliphatic rings. The summed E-state index contributed by atoms with van der Waals surface area (Å²) in [5.74, 6) is -0.642. The molecule has 0 radical (unpaired) electrons. The van der Waals surface area contributed by atoms with Crippen LogP contribution in [-0.4, -0.2) is 41.6 Å². The highest BCUT2D eigenvalue weighted by Gasteiger charge is 2.40. The Kier molecular flexibility index (Phi) is 9.79. The summed E-state index contributed by atoms with van der Waals surface area (Å²) < 4.78 is 28.7. The molecule has 0 atom stereocenters. The van der Waals surface area contributed by atoms with E-state index in [1.165, 1.54) is 27.4 Å². The largest absolute Gasteiger partial charge is 0.539 e. The normalized spacial score (nSPS) is 12.1. The summed E-state index contributed by atoms with van der Waals surface area (Å²) in [7, 11) is 1.63. The van der Waals surface area contributed by atoms with Crippen LogP contribution in [0.2, 0.25) is 18.1 Å². The van der Waals surface area contributed by atoms with E-state index >= 15 is 0 Å². The first-order chi connectivity index (χ1) is 16.4. The molecule has 2 aromatic rings. The summed E-state index contributed by atoms with van der Waals surface area (Å²) in [6.07, 6.45) is 1.50. The first-order valence-corrected chi connectivity index (χ1v) is 15.0. The molecule has 0 bridgehead atoms. The number of carbonyl (C=O) groups is 2. The fraction of sp³-hybridized carbons (Fsp3) is 0.385. The summed E-state index contributed by atoms with van der Waals surface area (Å²) >= 11 is 2.11. The van der Waals surface area contributed by atoms with Crippen LogP contribution < -0.4 is 9.47 Å². The Hall–Kier alpha value is -2.53. The molecule has 0 N–H and O–H groups in total. The average Bonchev–Trinajstić information content (AvgIpc) is 2.81. The van der Waals surface area contributed by atoms with E-state index in [1.807, 2.05) is 43.4 Å². The maximum atomic E-state index is 12.9. The molecule has 0 saturated heterocycles. The third-order valence-electron chi connectivity index (χ3n) is 5.89. The van der Waals surface area contributed by atoms with Crippen LogP contribution in [0.3, 0.4) is 0 Å². The molecule has 0 heterocycles. The second-order valence-corrected chi connectivity index (χ2v) is 15.2. The van der Waals surface area contributed by atoms with Crippen molar-refractivity contribution in [3.05, 3.63) is 62.4 Å². The lowest BCUT2D eigenvalue weighted by Crippen LogP contribution is -2.41. The van der Waals surface area contributed by atoms with Crippen molar-refractivity contribution in [3.8, 4) is 11.5 Å². The minimum atomic E-state index is -2.39. The van der Waals surface area contributed by atoms with Gasteiger partial charge >= 0.3 is 11.9 Å². The van der Waals surface area contributed by atoms with Crippen molar-refractivity contribution in [2.45, 2.75) is 45.5 Å². The number of benzene rings is 2. The number of halogens is 1. The van der Waals surface area contributed by atoms with Crippen molar-refractivity contribution in [2.24, 2.45) is 0 Å². The molecular weight excluding hydrogens is 579 g/mol. The lowest BCUT2D eigenvalue weighted by Gasteiger charge is -2.36. The molecule has 0 fully saturated rings. The van der Waals surface area contributed by atoms with Gasteiger partial charge in [0.05, 0.1) is 24.9 Å². The fourth-order valence-corrected chi connectivity index (χ4v) is 4.65. The van der Waals surface area contributed by atoms with Crippen LogP contribution in [0.5, 0.6) is 11.5 Å². The van der Waals surface area contributed by atoms with Gasteiger partial charge in [-0.2, -0.15) is 0 Å². The number of esters is 2. The molecule has 7 nitrogen and oxygen atoms in total. The highest BCUT2D eigenvalue weighted by atomic mass is 127. The molecule has 0 unspecified atom stereocenters. The summed E-state index contributed by atoms with van der Waals surface area (Å²) in [4.78, 5) is 25.5. The smallest absolute Gasteiger partial charge is 0.371 e. The number of hydrogen-bond donors (Lipinski definition) is 0. The van der Waals surface area contributed by atoms with Crippen LogP contribution in [0.4, 0.5) is 0 Å². The van der Waals surface area contributed by atoms with Gasteiger partial charge < -0.3 is 23.4 Å². The highest BCUT2D eigenvalue weighted by Crippen LogP contribution is 2.41. The Morgan fingerprint density at radius 3 is 2.14 bits per heavy atom. The van der Waals surface area contributed by atoms with E-state index in [9.17, 15) is 9.59 Å². The van der Waals surface area contributed by atoms with Crippen molar-refractivity contribution in [2.75, 3.05) is 21.3 Å². The second-order valence-electron chi connectivity index (χ2n) is 9.31. The number of hydrogen-bond acceptors (Lipinski definition) is 7. The number of methoxy groups -OCH3 is 3. The van der Waals surface area contributed by atoms with Crippen LogP contribution in [0.25, 0.3) is 6.08 Å². The van der Waals surface area contributed by atoms with Crippen molar-refractivity contribution in [3.63, 3.8) is 0 Å². The monoisotopic (exact) mass is 612 g/mol. The van der Waals surface area contributed by atoms with Gasteiger partial charge in [-0.1, -0.05) is 51.1 Å². The Morgan fingerprint density at radius 2 is 1.63 bits per heavy atom. The van der Waals surface area contributed by atoms with E-state index in [0.29, 0.717) is 14.9 Å². The fourth-order valence-electron chi connectivity index (χ4n) is 2.91. The lowest BCUT2D eigenvalue weighted by atomic mass is 10.0. The molecule has 0 amide bonds. The zero-order chi connectivity index (χ0) is 26.4. The van der Waals surface area contributed by atoms with Crippen LogP contribution in [0, 0.1) is 3.57 Å². The van der Waals surface area contributed by atoms with E-state index in [-0.39, 0.29) is 28.7 Å². The molecule has 0 aliphatic carbocycles. The van der Waals surface area contributed by atoms with Gasteiger partial charge in [0.25, 0.3) is 8.32 Å². The summed E-state index contributed by atoms with van der Waals surface area (Å²) in [6.45, 7) is 10.5. The summed E-state index contributed by atoms with van der Waals surface area (Å²) in [5.41, 5.74) is 1.48. The molecule has 0 aromatic heterocycles. The molecule has 0 aliphatic heterocycles. The van der Waals surface area contributed by atoms with Crippen LogP contribution >= 0.6 is 22.6 Å². The average molecular weight is 613 g/mol. The first kappa shape index (κ1) is 28.7. The van der Waals surface area contributed by atoms with Crippen LogP contribution in [-0.2, 0) is 25.3 Å². The van der Waals surface area contributed by atoms with E-state index in [4.69, 9.17) is 23.4 Å². The Balaban J connectivity index is 2.66. The van der Waals surface area contributed by atoms with Crippen molar-refractivity contribution in [1.82, 2.24) is 0 Å². The Bertz CT molecular complexity index is 1090. The van der Waals surface area contributed by atoms with Crippen molar-refractivity contribution in [1.29, 1.82) is 0 Å². The maximum Gasteiger partial charge on any atom is 0.371 e. The Morgan fingerprint density at radius 1 is 1.00 bits per heavy atom.